The van der Waals surface area contributed by atoms with Crippen molar-refractivity contribution in [2.75, 3.05) is 10.6 Å². The first kappa shape index (κ1) is 24.9. The van der Waals surface area contributed by atoms with Crippen LogP contribution in [0.25, 0.3) is 11.3 Å². The summed E-state index contributed by atoms with van der Waals surface area (Å²) in [6.07, 6.45) is 8.30. The molecule has 1 atom stereocenters. The SMILES string of the molecule is CCC/C=C/CC(N)c1nc(-c2ccc(NC(=O)OCc3ccccn3)cc2NC=O)c(Cl)[nH]1. The van der Waals surface area contributed by atoms with Gasteiger partial charge in [0.1, 0.15) is 23.3 Å². The number of unbranched alkanes of at least 4 members (excludes halogenated alkanes) is 1. The van der Waals surface area contributed by atoms with Gasteiger partial charge >= 0.3 is 6.09 Å². The number of rotatable bonds is 11. The largest absolute Gasteiger partial charge is 0.443 e. The number of nitrogens with one attached hydrogen (secondary N) is 3. The molecule has 5 N–H and O–H groups in total. The van der Waals surface area contributed by atoms with E-state index in [-0.39, 0.29) is 12.6 Å². The van der Waals surface area contributed by atoms with Crippen molar-refractivity contribution in [1.82, 2.24) is 15.0 Å². The van der Waals surface area contributed by atoms with E-state index in [1.807, 2.05) is 6.08 Å². The molecule has 2 amide bonds. The van der Waals surface area contributed by atoms with Gasteiger partial charge in [0, 0.05) is 17.4 Å². The molecule has 1 aromatic carbocycles. The third-order valence-electron chi connectivity index (χ3n) is 4.85. The lowest BCUT2D eigenvalue weighted by Crippen LogP contribution is -2.14. The normalized spacial score (nSPS) is 11.9. The summed E-state index contributed by atoms with van der Waals surface area (Å²) in [7, 11) is 0. The summed E-state index contributed by atoms with van der Waals surface area (Å²) in [5.41, 5.74) is 8.71. The van der Waals surface area contributed by atoms with Crippen molar-refractivity contribution < 1.29 is 14.3 Å². The van der Waals surface area contributed by atoms with Gasteiger partial charge in [-0.2, -0.15) is 0 Å². The molecule has 3 aromatic rings. The highest BCUT2D eigenvalue weighted by molar-refractivity contribution is 6.32. The zero-order chi connectivity index (χ0) is 24.3. The maximum Gasteiger partial charge on any atom is 0.412 e. The summed E-state index contributed by atoms with van der Waals surface area (Å²) in [5, 5.41) is 5.55. The fraction of sp³-hybridized carbons (Fsp3) is 0.250. The monoisotopic (exact) mass is 482 g/mol. The van der Waals surface area contributed by atoms with E-state index in [1.165, 1.54) is 0 Å². The summed E-state index contributed by atoms with van der Waals surface area (Å²) in [6, 6.07) is 9.93. The molecule has 2 heterocycles. The number of benzene rings is 1. The first-order valence-corrected chi connectivity index (χ1v) is 11.2. The van der Waals surface area contributed by atoms with Crippen LogP contribution in [0.15, 0.2) is 54.7 Å². The van der Waals surface area contributed by atoms with Crippen molar-refractivity contribution >= 4 is 35.5 Å². The number of aromatic nitrogens is 3. The molecule has 0 aliphatic rings. The number of anilines is 2. The van der Waals surface area contributed by atoms with E-state index in [0.29, 0.717) is 52.1 Å². The standard InChI is InChI=1S/C24H27ClN6O3/c1-2-3-4-5-9-19(26)23-30-21(22(25)31-23)18-11-10-16(13-20(18)28-15-32)29-24(33)34-14-17-8-6-7-12-27-17/h4-8,10-13,15,19H,2-3,9,14,26H2,1H3,(H,28,32)(H,29,33)(H,30,31)/b5-4+. The molecule has 0 saturated carbocycles. The van der Waals surface area contributed by atoms with Gasteiger partial charge in [-0.1, -0.05) is 43.2 Å². The van der Waals surface area contributed by atoms with E-state index in [9.17, 15) is 9.59 Å². The average molecular weight is 483 g/mol. The van der Waals surface area contributed by atoms with Gasteiger partial charge in [-0.25, -0.2) is 9.78 Å². The number of H-pyrrole nitrogens is 1. The molecular formula is C24H27ClN6O3. The Kier molecular flexibility index (Phi) is 9.19. The van der Waals surface area contributed by atoms with Crippen LogP contribution in [0.2, 0.25) is 5.15 Å². The van der Waals surface area contributed by atoms with Gasteiger partial charge in [-0.15, -0.1) is 0 Å². The molecule has 9 nitrogen and oxygen atoms in total. The van der Waals surface area contributed by atoms with Gasteiger partial charge in [0.25, 0.3) is 0 Å². The minimum absolute atomic E-state index is 0.0315. The number of aromatic amines is 1. The summed E-state index contributed by atoms with van der Waals surface area (Å²) < 4.78 is 5.18. The van der Waals surface area contributed by atoms with Crippen LogP contribution in [0.1, 0.15) is 43.7 Å². The van der Waals surface area contributed by atoms with Gasteiger partial charge in [-0.05, 0) is 43.2 Å². The minimum Gasteiger partial charge on any atom is -0.443 e. The number of allylic oxidation sites excluding steroid dienone is 1. The van der Waals surface area contributed by atoms with E-state index in [4.69, 9.17) is 22.1 Å². The van der Waals surface area contributed by atoms with Crippen molar-refractivity contribution in [3.63, 3.8) is 0 Å². The number of halogens is 1. The Labute approximate surface area is 202 Å². The van der Waals surface area contributed by atoms with Gasteiger partial charge in [0.2, 0.25) is 6.41 Å². The van der Waals surface area contributed by atoms with Gasteiger partial charge in [0.05, 0.1) is 17.4 Å². The van der Waals surface area contributed by atoms with Gasteiger partial charge < -0.3 is 20.8 Å². The quantitative estimate of drug-likeness (QED) is 0.219. The van der Waals surface area contributed by atoms with Crippen LogP contribution in [-0.4, -0.2) is 27.5 Å². The smallest absolute Gasteiger partial charge is 0.412 e. The topological polar surface area (TPSA) is 135 Å². The average Bonchev–Trinajstić information content (AvgIpc) is 3.23. The molecule has 2 aromatic heterocycles. The second-order valence-corrected chi connectivity index (χ2v) is 7.81. The zero-order valence-electron chi connectivity index (χ0n) is 18.8. The number of nitrogens with zero attached hydrogens (tertiary/aromatic N) is 2. The Bertz CT molecular complexity index is 1130. The maximum atomic E-state index is 12.2. The van der Waals surface area contributed by atoms with Crippen LogP contribution < -0.4 is 16.4 Å². The first-order chi connectivity index (χ1) is 16.5. The van der Waals surface area contributed by atoms with Crippen LogP contribution in [0, 0.1) is 0 Å². The van der Waals surface area contributed by atoms with Crippen LogP contribution >= 0.6 is 11.6 Å². The van der Waals surface area contributed by atoms with E-state index < -0.39 is 6.09 Å². The number of nitrogens with two attached hydrogens (primary N) is 1. The lowest BCUT2D eigenvalue weighted by Gasteiger charge is -2.11. The maximum absolute atomic E-state index is 12.2. The second-order valence-electron chi connectivity index (χ2n) is 7.43. The lowest BCUT2D eigenvalue weighted by atomic mass is 10.1. The van der Waals surface area contributed by atoms with E-state index in [1.54, 1.807) is 42.6 Å². The van der Waals surface area contributed by atoms with Crippen molar-refractivity contribution in [1.29, 1.82) is 0 Å². The number of hydrogen-bond acceptors (Lipinski definition) is 6. The highest BCUT2D eigenvalue weighted by Crippen LogP contribution is 2.34. The number of ether oxygens (including phenoxy) is 1. The Morgan fingerprint density at radius 1 is 1.29 bits per heavy atom. The Morgan fingerprint density at radius 2 is 2.15 bits per heavy atom. The van der Waals surface area contributed by atoms with Gasteiger partial charge in [0.15, 0.2) is 0 Å². The number of carbonyl (C=O) groups is 2. The molecule has 0 bridgehead atoms. The molecule has 0 radical (unpaired) electrons. The Morgan fingerprint density at radius 3 is 2.88 bits per heavy atom. The molecule has 0 spiro atoms. The fourth-order valence-electron chi connectivity index (χ4n) is 3.15. The van der Waals surface area contributed by atoms with Crippen molar-refractivity contribution in [2.24, 2.45) is 5.73 Å². The number of carbonyl (C=O) groups excluding carboxylic acids is 2. The fourth-order valence-corrected chi connectivity index (χ4v) is 3.39. The molecule has 1 unspecified atom stereocenters. The molecule has 10 heteroatoms. The molecule has 34 heavy (non-hydrogen) atoms. The molecule has 0 aliphatic carbocycles. The predicted octanol–water partition coefficient (Wildman–Crippen LogP) is 5.19. The Hall–Kier alpha value is -3.69. The van der Waals surface area contributed by atoms with Crippen molar-refractivity contribution in [3.8, 4) is 11.3 Å². The summed E-state index contributed by atoms with van der Waals surface area (Å²) >= 11 is 6.40. The zero-order valence-corrected chi connectivity index (χ0v) is 19.5. The van der Waals surface area contributed by atoms with Crippen molar-refractivity contribution in [2.45, 2.75) is 38.8 Å². The van der Waals surface area contributed by atoms with E-state index in [2.05, 4.69) is 38.6 Å². The Balaban J connectivity index is 1.73. The van der Waals surface area contributed by atoms with Crippen LogP contribution in [0.5, 0.6) is 0 Å². The first-order valence-electron chi connectivity index (χ1n) is 10.9. The summed E-state index contributed by atoms with van der Waals surface area (Å²) in [5.74, 6) is 0.540. The summed E-state index contributed by atoms with van der Waals surface area (Å²) in [6.45, 7) is 2.14. The molecule has 0 saturated heterocycles. The van der Waals surface area contributed by atoms with Crippen LogP contribution in [0.4, 0.5) is 16.2 Å². The number of pyridine rings is 1. The van der Waals surface area contributed by atoms with E-state index in [0.717, 1.165) is 12.8 Å². The molecular weight excluding hydrogens is 456 g/mol. The highest BCUT2D eigenvalue weighted by Gasteiger charge is 2.18. The van der Waals surface area contributed by atoms with Crippen molar-refractivity contribution in [3.05, 3.63) is 71.4 Å². The second kappa shape index (κ2) is 12.5. The number of imidazole rings is 1. The third kappa shape index (κ3) is 6.90. The summed E-state index contributed by atoms with van der Waals surface area (Å²) in [4.78, 5) is 35.0. The predicted molar refractivity (Wildman–Crippen MR) is 132 cm³/mol. The highest BCUT2D eigenvalue weighted by atomic mass is 35.5. The number of amides is 2. The van der Waals surface area contributed by atoms with E-state index >= 15 is 0 Å². The number of hydrogen-bond donors (Lipinski definition) is 4. The molecule has 0 fully saturated rings. The molecule has 3 rings (SSSR count). The molecule has 178 valence electrons. The van der Waals surface area contributed by atoms with Gasteiger partial charge in [-0.3, -0.25) is 15.1 Å². The lowest BCUT2D eigenvalue weighted by molar-refractivity contribution is -0.105. The third-order valence-corrected chi connectivity index (χ3v) is 5.13. The molecule has 0 aliphatic heterocycles. The van der Waals surface area contributed by atoms with Crippen LogP contribution in [0.3, 0.4) is 0 Å². The van der Waals surface area contributed by atoms with Crippen LogP contribution in [-0.2, 0) is 16.1 Å². The minimum atomic E-state index is -0.655.